The van der Waals surface area contributed by atoms with Gasteiger partial charge in [0.25, 0.3) is 0 Å². The lowest BCUT2D eigenvalue weighted by Crippen LogP contribution is -2.21. The quantitative estimate of drug-likeness (QED) is 0.923. The van der Waals surface area contributed by atoms with Crippen LogP contribution in [0.3, 0.4) is 0 Å². The summed E-state index contributed by atoms with van der Waals surface area (Å²) in [5, 5.41) is 3.54. The van der Waals surface area contributed by atoms with Crippen LogP contribution < -0.4 is 5.32 Å². The number of hydrogen-bond acceptors (Lipinski definition) is 4. The number of ether oxygens (including phenoxy) is 1. The van der Waals surface area contributed by atoms with Gasteiger partial charge in [-0.2, -0.15) is 0 Å². The predicted molar refractivity (Wildman–Crippen MR) is 82.7 cm³/mol. The maximum atomic E-state index is 6.00. The average Bonchev–Trinajstić information content (AvgIpc) is 3.15. The van der Waals surface area contributed by atoms with Crippen molar-refractivity contribution in [2.45, 2.75) is 76.4 Å². The fraction of sp³-hybridized carbons (Fsp3) is 0.765. The molecule has 3 atom stereocenters. The van der Waals surface area contributed by atoms with Gasteiger partial charge in [-0.1, -0.05) is 6.92 Å². The Kier molecular flexibility index (Phi) is 3.57. The van der Waals surface area contributed by atoms with Crippen molar-refractivity contribution in [1.29, 1.82) is 0 Å². The van der Waals surface area contributed by atoms with Crippen LogP contribution in [0, 0.1) is 0 Å². The number of hydrogen-bond donors (Lipinski definition) is 1. The number of nitrogens with zero attached hydrogens (tertiary/aromatic N) is 2. The van der Waals surface area contributed by atoms with E-state index in [0.717, 1.165) is 43.9 Å². The van der Waals surface area contributed by atoms with E-state index in [-0.39, 0.29) is 0 Å². The lowest BCUT2D eigenvalue weighted by Gasteiger charge is -2.23. The Hall–Kier alpha value is -1.16. The molecule has 0 radical (unpaired) electrons. The highest BCUT2D eigenvalue weighted by molar-refractivity contribution is 5.48. The Labute approximate surface area is 126 Å². The molecule has 1 N–H and O–H groups in total. The Morgan fingerprint density at radius 1 is 1.19 bits per heavy atom. The molecule has 3 unspecified atom stereocenters. The van der Waals surface area contributed by atoms with Crippen LogP contribution in [0.4, 0.5) is 5.82 Å². The van der Waals surface area contributed by atoms with Crippen molar-refractivity contribution in [3.63, 3.8) is 0 Å². The number of nitrogens with one attached hydrogen (secondary N) is 1. The van der Waals surface area contributed by atoms with E-state index in [4.69, 9.17) is 14.7 Å². The van der Waals surface area contributed by atoms with Crippen molar-refractivity contribution in [3.8, 4) is 0 Å². The smallest absolute Gasteiger partial charge is 0.136 e. The first-order valence-electron chi connectivity index (χ1n) is 8.64. The highest BCUT2D eigenvalue weighted by Crippen LogP contribution is 2.44. The molecule has 1 aromatic heterocycles. The van der Waals surface area contributed by atoms with Crippen LogP contribution in [0.15, 0.2) is 0 Å². The molecule has 0 aromatic carbocycles. The van der Waals surface area contributed by atoms with Gasteiger partial charge in [-0.05, 0) is 51.4 Å². The third-order valence-electron chi connectivity index (χ3n) is 5.18. The van der Waals surface area contributed by atoms with Crippen LogP contribution in [-0.2, 0) is 17.6 Å². The predicted octanol–water partition coefficient (Wildman–Crippen LogP) is 3.21. The zero-order valence-electron chi connectivity index (χ0n) is 12.9. The third kappa shape index (κ3) is 2.44. The van der Waals surface area contributed by atoms with Gasteiger partial charge in [0.15, 0.2) is 0 Å². The molecular formula is C17H25N3O. The van der Waals surface area contributed by atoms with Gasteiger partial charge in [0, 0.05) is 23.7 Å². The highest BCUT2D eigenvalue weighted by Gasteiger charge is 2.43. The fourth-order valence-corrected chi connectivity index (χ4v) is 4.08. The summed E-state index contributed by atoms with van der Waals surface area (Å²) in [6.45, 7) is 3.20. The molecule has 21 heavy (non-hydrogen) atoms. The van der Waals surface area contributed by atoms with Crippen molar-refractivity contribution >= 4 is 5.82 Å². The Bertz CT molecular complexity index is 531. The molecule has 2 bridgehead atoms. The van der Waals surface area contributed by atoms with Gasteiger partial charge in [0.1, 0.15) is 11.6 Å². The van der Waals surface area contributed by atoms with Crippen LogP contribution in [0.25, 0.3) is 0 Å². The molecule has 0 amide bonds. The van der Waals surface area contributed by atoms with Crippen molar-refractivity contribution in [1.82, 2.24) is 9.97 Å². The summed E-state index contributed by atoms with van der Waals surface area (Å²) in [6.07, 6.45) is 10.3. The first kappa shape index (κ1) is 13.5. The van der Waals surface area contributed by atoms with Crippen LogP contribution >= 0.6 is 0 Å². The molecular weight excluding hydrogens is 262 g/mol. The van der Waals surface area contributed by atoms with Crippen molar-refractivity contribution < 1.29 is 4.74 Å². The maximum Gasteiger partial charge on any atom is 0.136 e. The molecule has 1 aliphatic carbocycles. The molecule has 4 heteroatoms. The van der Waals surface area contributed by atoms with Crippen LogP contribution in [-0.4, -0.2) is 28.7 Å². The molecule has 2 fully saturated rings. The SMILES string of the molecule is CCCNc1nc(C2CC3CCC2O3)nc2c1CCCC2. The molecule has 1 aromatic rings. The van der Waals surface area contributed by atoms with Gasteiger partial charge in [0.05, 0.1) is 12.2 Å². The molecule has 0 saturated carbocycles. The maximum absolute atomic E-state index is 6.00. The first-order chi connectivity index (χ1) is 10.3. The summed E-state index contributed by atoms with van der Waals surface area (Å²) >= 11 is 0. The number of rotatable bonds is 4. The minimum atomic E-state index is 0.371. The van der Waals surface area contributed by atoms with Gasteiger partial charge in [-0.3, -0.25) is 0 Å². The van der Waals surface area contributed by atoms with Gasteiger partial charge in [-0.25, -0.2) is 9.97 Å². The summed E-state index contributed by atoms with van der Waals surface area (Å²) in [5.41, 5.74) is 2.68. The molecule has 2 aliphatic heterocycles. The van der Waals surface area contributed by atoms with E-state index in [1.54, 1.807) is 0 Å². The minimum Gasteiger partial charge on any atom is -0.374 e. The van der Waals surface area contributed by atoms with Crippen molar-refractivity contribution in [3.05, 3.63) is 17.1 Å². The number of aryl methyl sites for hydroxylation is 1. The molecule has 2 saturated heterocycles. The second kappa shape index (κ2) is 5.56. The van der Waals surface area contributed by atoms with E-state index < -0.39 is 0 Å². The number of aromatic nitrogens is 2. The Morgan fingerprint density at radius 3 is 2.86 bits per heavy atom. The van der Waals surface area contributed by atoms with E-state index in [2.05, 4.69) is 12.2 Å². The lowest BCUT2D eigenvalue weighted by molar-refractivity contribution is 0.0998. The zero-order chi connectivity index (χ0) is 14.2. The summed E-state index contributed by atoms with van der Waals surface area (Å²) in [6, 6.07) is 0. The second-order valence-corrected chi connectivity index (χ2v) is 6.71. The van der Waals surface area contributed by atoms with Crippen LogP contribution in [0.5, 0.6) is 0 Å². The average molecular weight is 287 g/mol. The summed E-state index contributed by atoms with van der Waals surface area (Å²) in [4.78, 5) is 9.87. The van der Waals surface area contributed by atoms with Gasteiger partial charge in [-0.15, -0.1) is 0 Å². The van der Waals surface area contributed by atoms with E-state index in [1.165, 1.54) is 36.9 Å². The van der Waals surface area contributed by atoms with Gasteiger partial charge in [0.2, 0.25) is 0 Å². The van der Waals surface area contributed by atoms with Crippen molar-refractivity contribution in [2.24, 2.45) is 0 Å². The first-order valence-corrected chi connectivity index (χ1v) is 8.64. The summed E-state index contributed by atoms with van der Waals surface area (Å²) in [7, 11) is 0. The second-order valence-electron chi connectivity index (χ2n) is 6.71. The molecule has 4 rings (SSSR count). The largest absolute Gasteiger partial charge is 0.374 e. The lowest BCUT2D eigenvalue weighted by atomic mass is 9.88. The fourth-order valence-electron chi connectivity index (χ4n) is 4.08. The number of fused-ring (bicyclic) bond motifs is 3. The Balaban J connectivity index is 1.67. The topological polar surface area (TPSA) is 47.0 Å². The summed E-state index contributed by atoms with van der Waals surface area (Å²) in [5.74, 6) is 2.58. The van der Waals surface area contributed by atoms with Crippen LogP contribution in [0.1, 0.15) is 68.4 Å². The van der Waals surface area contributed by atoms with E-state index in [0.29, 0.717) is 18.1 Å². The van der Waals surface area contributed by atoms with E-state index in [9.17, 15) is 0 Å². The third-order valence-corrected chi connectivity index (χ3v) is 5.18. The number of anilines is 1. The van der Waals surface area contributed by atoms with Gasteiger partial charge >= 0.3 is 0 Å². The molecule has 114 valence electrons. The normalized spacial score (nSPS) is 30.4. The molecule has 4 nitrogen and oxygen atoms in total. The molecule has 0 spiro atoms. The Morgan fingerprint density at radius 2 is 2.10 bits per heavy atom. The van der Waals surface area contributed by atoms with Crippen molar-refractivity contribution in [2.75, 3.05) is 11.9 Å². The van der Waals surface area contributed by atoms with Crippen LogP contribution in [0.2, 0.25) is 0 Å². The standard InChI is InChI=1S/C17H25N3O/c1-2-9-18-16-12-5-3-4-6-14(12)19-17(20-16)13-10-11-7-8-15(13)21-11/h11,13,15H,2-10H2,1H3,(H,18,19,20). The zero-order valence-corrected chi connectivity index (χ0v) is 12.9. The summed E-state index contributed by atoms with van der Waals surface area (Å²) < 4.78 is 6.00. The minimum absolute atomic E-state index is 0.371. The van der Waals surface area contributed by atoms with E-state index in [1.807, 2.05) is 0 Å². The van der Waals surface area contributed by atoms with E-state index >= 15 is 0 Å². The molecule has 3 heterocycles. The monoisotopic (exact) mass is 287 g/mol. The highest BCUT2D eigenvalue weighted by atomic mass is 16.5. The molecule has 3 aliphatic rings. The van der Waals surface area contributed by atoms with Gasteiger partial charge < -0.3 is 10.1 Å².